The van der Waals surface area contributed by atoms with Crippen molar-refractivity contribution in [1.29, 1.82) is 0 Å². The Bertz CT molecular complexity index is 1160. The van der Waals surface area contributed by atoms with Crippen LogP contribution in [-0.2, 0) is 6.61 Å². The van der Waals surface area contributed by atoms with E-state index in [1.807, 2.05) is 37.3 Å². The van der Waals surface area contributed by atoms with Crippen molar-refractivity contribution >= 4 is 23.2 Å². The van der Waals surface area contributed by atoms with Crippen molar-refractivity contribution in [3.8, 4) is 22.6 Å². The number of hydrogen-bond donors (Lipinski definition) is 2. The van der Waals surface area contributed by atoms with Crippen LogP contribution in [0.15, 0.2) is 75.6 Å². The topological polar surface area (TPSA) is 75.6 Å². The first-order valence-electron chi connectivity index (χ1n) is 9.01. The van der Waals surface area contributed by atoms with Gasteiger partial charge in [-0.05, 0) is 79.2 Å². The largest absolute Gasteiger partial charge is 0.459 e. The van der Waals surface area contributed by atoms with Crippen LogP contribution in [0.25, 0.3) is 22.6 Å². The Labute approximate surface area is 172 Å². The number of aryl methyl sites for hydroxylation is 1. The number of aliphatic hydroxyl groups excluding tert-OH is 1. The third-order valence-corrected chi connectivity index (χ3v) is 4.78. The zero-order valence-electron chi connectivity index (χ0n) is 15.6. The van der Waals surface area contributed by atoms with Gasteiger partial charge >= 0.3 is 0 Å². The van der Waals surface area contributed by atoms with E-state index in [1.54, 1.807) is 36.4 Å². The highest BCUT2D eigenvalue weighted by Gasteiger charge is 2.14. The number of carbonyl (C=O) groups excluding carboxylic acids is 1. The smallest absolute Gasteiger partial charge is 0.291 e. The lowest BCUT2D eigenvalue weighted by atomic mass is 10.1. The second kappa shape index (κ2) is 7.99. The van der Waals surface area contributed by atoms with Crippen LogP contribution in [0, 0.1) is 6.92 Å². The van der Waals surface area contributed by atoms with Gasteiger partial charge in [0.25, 0.3) is 5.91 Å². The number of aliphatic hydroxyl groups is 1. The van der Waals surface area contributed by atoms with Gasteiger partial charge in [0.05, 0.1) is 0 Å². The molecule has 1 amide bonds. The van der Waals surface area contributed by atoms with E-state index in [0.717, 1.165) is 16.7 Å². The monoisotopic (exact) mass is 407 g/mol. The minimum Gasteiger partial charge on any atom is -0.459 e. The normalized spacial score (nSPS) is 10.9. The third-order valence-electron chi connectivity index (χ3n) is 4.53. The van der Waals surface area contributed by atoms with E-state index < -0.39 is 0 Å². The lowest BCUT2D eigenvalue weighted by Crippen LogP contribution is -2.10. The molecule has 2 aromatic carbocycles. The molecule has 0 saturated carbocycles. The maximum absolute atomic E-state index is 12.5. The van der Waals surface area contributed by atoms with Gasteiger partial charge in [-0.3, -0.25) is 4.79 Å². The first kappa shape index (κ1) is 19.1. The number of benzene rings is 2. The molecule has 29 heavy (non-hydrogen) atoms. The van der Waals surface area contributed by atoms with Crippen molar-refractivity contribution in [3.05, 3.63) is 88.8 Å². The molecular weight excluding hydrogens is 390 g/mol. The second-order valence-corrected chi connectivity index (χ2v) is 7.02. The minimum atomic E-state index is -0.335. The summed E-state index contributed by atoms with van der Waals surface area (Å²) in [7, 11) is 0. The third kappa shape index (κ3) is 4.11. The molecule has 0 spiro atoms. The van der Waals surface area contributed by atoms with Crippen LogP contribution in [0.2, 0.25) is 5.02 Å². The first-order chi connectivity index (χ1) is 14.0. The van der Waals surface area contributed by atoms with Crippen LogP contribution in [0.3, 0.4) is 0 Å². The number of halogens is 1. The van der Waals surface area contributed by atoms with Crippen molar-refractivity contribution in [2.45, 2.75) is 13.5 Å². The Balaban J connectivity index is 1.50. The van der Waals surface area contributed by atoms with E-state index in [2.05, 4.69) is 5.32 Å². The highest BCUT2D eigenvalue weighted by atomic mass is 35.5. The van der Waals surface area contributed by atoms with Gasteiger partial charge in [-0.2, -0.15) is 0 Å². The van der Waals surface area contributed by atoms with Gasteiger partial charge in [-0.25, -0.2) is 0 Å². The van der Waals surface area contributed by atoms with E-state index in [4.69, 9.17) is 25.5 Å². The molecule has 0 aliphatic rings. The van der Waals surface area contributed by atoms with Gasteiger partial charge in [-0.15, -0.1) is 0 Å². The SMILES string of the molecule is Cc1cc(NC(=O)c2ccc(-c3ccc(Cl)cc3)o2)ccc1-c1ccc(CO)o1. The van der Waals surface area contributed by atoms with E-state index in [0.29, 0.717) is 28.0 Å². The summed E-state index contributed by atoms with van der Waals surface area (Å²) in [5, 5.41) is 12.6. The number of anilines is 1. The van der Waals surface area contributed by atoms with Crippen molar-refractivity contribution in [2.24, 2.45) is 0 Å². The molecule has 0 atom stereocenters. The summed E-state index contributed by atoms with van der Waals surface area (Å²) in [4.78, 5) is 12.5. The average molecular weight is 408 g/mol. The molecule has 0 saturated heterocycles. The number of nitrogens with one attached hydrogen (secondary N) is 1. The van der Waals surface area contributed by atoms with Crippen LogP contribution >= 0.6 is 11.6 Å². The lowest BCUT2D eigenvalue weighted by Gasteiger charge is -2.08. The van der Waals surface area contributed by atoms with E-state index in [1.165, 1.54) is 0 Å². The quantitative estimate of drug-likeness (QED) is 0.431. The number of amides is 1. The second-order valence-electron chi connectivity index (χ2n) is 6.58. The van der Waals surface area contributed by atoms with Gasteiger partial charge in [-0.1, -0.05) is 11.6 Å². The standard InChI is InChI=1S/C23H18ClNO4/c1-14-12-17(6-8-19(14)21-9-7-18(13-26)28-21)25-23(27)22-11-10-20(29-22)15-2-4-16(24)5-3-15/h2-12,26H,13H2,1H3,(H,25,27). The molecule has 0 fully saturated rings. The minimum absolute atomic E-state index is 0.144. The molecule has 0 unspecified atom stereocenters. The van der Waals surface area contributed by atoms with Gasteiger partial charge in [0.2, 0.25) is 0 Å². The Morgan fingerprint density at radius 1 is 0.966 bits per heavy atom. The fourth-order valence-corrected chi connectivity index (χ4v) is 3.17. The van der Waals surface area contributed by atoms with Gasteiger partial charge < -0.3 is 19.3 Å². The maximum Gasteiger partial charge on any atom is 0.291 e. The van der Waals surface area contributed by atoms with Gasteiger partial charge in [0.15, 0.2) is 5.76 Å². The van der Waals surface area contributed by atoms with Crippen molar-refractivity contribution in [1.82, 2.24) is 0 Å². The van der Waals surface area contributed by atoms with Gasteiger partial charge in [0.1, 0.15) is 23.9 Å². The van der Waals surface area contributed by atoms with Gasteiger partial charge in [0, 0.05) is 21.8 Å². The number of carbonyl (C=O) groups is 1. The predicted molar refractivity (Wildman–Crippen MR) is 112 cm³/mol. The molecule has 2 heterocycles. The molecule has 2 aromatic heterocycles. The molecule has 146 valence electrons. The summed E-state index contributed by atoms with van der Waals surface area (Å²) in [6.07, 6.45) is 0. The highest BCUT2D eigenvalue weighted by Crippen LogP contribution is 2.28. The zero-order valence-corrected chi connectivity index (χ0v) is 16.4. The van der Waals surface area contributed by atoms with E-state index in [-0.39, 0.29) is 18.3 Å². The van der Waals surface area contributed by atoms with E-state index in [9.17, 15) is 4.79 Å². The molecule has 4 aromatic rings. The van der Waals surface area contributed by atoms with Crippen LogP contribution in [0.1, 0.15) is 21.9 Å². The number of furan rings is 2. The molecule has 0 radical (unpaired) electrons. The summed E-state index contributed by atoms with van der Waals surface area (Å²) >= 11 is 5.90. The summed E-state index contributed by atoms with van der Waals surface area (Å²) in [6, 6.07) is 19.7. The summed E-state index contributed by atoms with van der Waals surface area (Å²) in [5.41, 5.74) is 3.32. The molecule has 2 N–H and O–H groups in total. The molecule has 0 aliphatic heterocycles. The zero-order chi connectivity index (χ0) is 20.4. The van der Waals surface area contributed by atoms with Crippen molar-refractivity contribution < 1.29 is 18.7 Å². The highest BCUT2D eigenvalue weighted by molar-refractivity contribution is 6.30. The Hall–Kier alpha value is -3.28. The molecule has 5 nitrogen and oxygen atoms in total. The van der Waals surface area contributed by atoms with Crippen LogP contribution < -0.4 is 5.32 Å². The van der Waals surface area contributed by atoms with Crippen LogP contribution in [0.4, 0.5) is 5.69 Å². The first-order valence-corrected chi connectivity index (χ1v) is 9.39. The van der Waals surface area contributed by atoms with Crippen molar-refractivity contribution in [2.75, 3.05) is 5.32 Å². The van der Waals surface area contributed by atoms with Crippen LogP contribution in [-0.4, -0.2) is 11.0 Å². The molecule has 0 aliphatic carbocycles. The molecule has 4 rings (SSSR count). The Morgan fingerprint density at radius 2 is 1.72 bits per heavy atom. The Morgan fingerprint density at radius 3 is 2.41 bits per heavy atom. The molecular formula is C23H18ClNO4. The Kier molecular flexibility index (Phi) is 5.25. The molecule has 6 heteroatoms. The van der Waals surface area contributed by atoms with Crippen LogP contribution in [0.5, 0.6) is 0 Å². The molecule has 0 bridgehead atoms. The maximum atomic E-state index is 12.5. The number of hydrogen-bond acceptors (Lipinski definition) is 4. The van der Waals surface area contributed by atoms with Crippen molar-refractivity contribution in [3.63, 3.8) is 0 Å². The number of rotatable bonds is 5. The summed E-state index contributed by atoms with van der Waals surface area (Å²) < 4.78 is 11.3. The summed E-state index contributed by atoms with van der Waals surface area (Å²) in [5.74, 6) is 1.65. The predicted octanol–water partition coefficient (Wildman–Crippen LogP) is 5.91. The summed E-state index contributed by atoms with van der Waals surface area (Å²) in [6.45, 7) is 1.78. The average Bonchev–Trinajstić information content (AvgIpc) is 3.38. The fraction of sp³-hybridized carbons (Fsp3) is 0.0870. The fourth-order valence-electron chi connectivity index (χ4n) is 3.05. The lowest BCUT2D eigenvalue weighted by molar-refractivity contribution is 0.0997. The van der Waals surface area contributed by atoms with E-state index >= 15 is 0 Å².